The number of aromatic nitrogens is 2. The lowest BCUT2D eigenvalue weighted by Gasteiger charge is -2.27. The van der Waals surface area contributed by atoms with Crippen molar-refractivity contribution >= 4 is 40.0 Å². The first-order valence-corrected chi connectivity index (χ1v) is 7.20. The third-order valence-electron chi connectivity index (χ3n) is 3.42. The maximum atomic E-state index is 9.51. The zero-order valence-electron chi connectivity index (χ0n) is 9.77. The maximum Gasteiger partial charge on any atom is 0.129 e. The summed E-state index contributed by atoms with van der Waals surface area (Å²) in [7, 11) is 0. The number of rotatable bonds is 2. The van der Waals surface area contributed by atoms with Crippen molar-refractivity contribution in [1.29, 1.82) is 0 Å². The van der Waals surface area contributed by atoms with E-state index in [0.29, 0.717) is 11.1 Å². The van der Waals surface area contributed by atoms with E-state index in [9.17, 15) is 5.11 Å². The lowest BCUT2D eigenvalue weighted by Crippen LogP contribution is -2.28. The van der Waals surface area contributed by atoms with E-state index >= 15 is 0 Å². The number of aliphatic hydroxyl groups is 1. The molecule has 0 amide bonds. The number of nitrogens with one attached hydrogen (secondary N) is 1. The first-order valence-electron chi connectivity index (χ1n) is 6.09. The lowest BCUT2D eigenvalue weighted by atomic mass is 9.93. The molecule has 1 aromatic heterocycles. The summed E-state index contributed by atoms with van der Waals surface area (Å²) in [4.78, 5) is 0. The Labute approximate surface area is 114 Å². The summed E-state index contributed by atoms with van der Waals surface area (Å²) in [6.45, 7) is 0. The molecule has 1 fully saturated rings. The van der Waals surface area contributed by atoms with Crippen molar-refractivity contribution in [3.63, 3.8) is 0 Å². The van der Waals surface area contributed by atoms with Crippen LogP contribution in [0.1, 0.15) is 25.7 Å². The Morgan fingerprint density at radius 3 is 2.78 bits per heavy atom. The number of nitrogens with zero attached hydrogens (tertiary/aromatic N) is 2. The zero-order chi connectivity index (χ0) is 12.5. The Morgan fingerprint density at radius 2 is 2.00 bits per heavy atom. The van der Waals surface area contributed by atoms with Crippen molar-refractivity contribution in [1.82, 2.24) is 8.75 Å². The molecule has 1 aliphatic carbocycles. The molecule has 3 rings (SSSR count). The number of hydrogen-bond donors (Lipinski definition) is 2. The molecule has 2 N–H and O–H groups in total. The van der Waals surface area contributed by atoms with Gasteiger partial charge >= 0.3 is 0 Å². The molecule has 0 radical (unpaired) electrons. The van der Waals surface area contributed by atoms with Crippen LogP contribution in [0.3, 0.4) is 0 Å². The van der Waals surface area contributed by atoms with Gasteiger partial charge in [0.25, 0.3) is 0 Å². The molecule has 6 heteroatoms. The molecule has 0 saturated heterocycles. The molecule has 96 valence electrons. The van der Waals surface area contributed by atoms with Crippen LogP contribution in [0.15, 0.2) is 12.1 Å². The SMILES string of the molecule is OC1CCC(Nc2c(Cl)ccc3nsnc23)CC1. The van der Waals surface area contributed by atoms with Crippen molar-refractivity contribution < 1.29 is 5.11 Å². The normalized spacial score (nSPS) is 24.3. The van der Waals surface area contributed by atoms with Gasteiger partial charge in [0.2, 0.25) is 0 Å². The highest BCUT2D eigenvalue weighted by Crippen LogP contribution is 2.32. The smallest absolute Gasteiger partial charge is 0.129 e. The quantitative estimate of drug-likeness (QED) is 0.889. The zero-order valence-corrected chi connectivity index (χ0v) is 11.3. The Bertz CT molecular complexity index is 551. The minimum absolute atomic E-state index is 0.143. The monoisotopic (exact) mass is 283 g/mol. The van der Waals surface area contributed by atoms with Gasteiger partial charge in [0.05, 0.1) is 28.5 Å². The van der Waals surface area contributed by atoms with Crippen LogP contribution in [-0.4, -0.2) is 26.0 Å². The Hall–Kier alpha value is -0.910. The van der Waals surface area contributed by atoms with E-state index in [1.807, 2.05) is 12.1 Å². The number of hydrogen-bond acceptors (Lipinski definition) is 5. The summed E-state index contributed by atoms with van der Waals surface area (Å²) in [5.74, 6) is 0. The van der Waals surface area contributed by atoms with Gasteiger partial charge in [0.1, 0.15) is 11.0 Å². The molecule has 0 atom stereocenters. The van der Waals surface area contributed by atoms with Gasteiger partial charge in [-0.25, -0.2) is 0 Å². The van der Waals surface area contributed by atoms with Crippen LogP contribution in [0.4, 0.5) is 5.69 Å². The molecule has 4 nitrogen and oxygen atoms in total. The molecule has 1 aliphatic rings. The number of anilines is 1. The van der Waals surface area contributed by atoms with E-state index in [2.05, 4.69) is 14.1 Å². The van der Waals surface area contributed by atoms with Gasteiger partial charge in [-0.15, -0.1) is 0 Å². The van der Waals surface area contributed by atoms with E-state index in [0.717, 1.165) is 42.4 Å². The van der Waals surface area contributed by atoms with Gasteiger partial charge in [0, 0.05) is 6.04 Å². The molecular formula is C12H14ClN3OS. The van der Waals surface area contributed by atoms with Gasteiger partial charge in [-0.2, -0.15) is 8.75 Å². The van der Waals surface area contributed by atoms with Crippen LogP contribution in [0.5, 0.6) is 0 Å². The fourth-order valence-electron chi connectivity index (χ4n) is 2.39. The van der Waals surface area contributed by atoms with E-state index in [-0.39, 0.29) is 6.10 Å². The van der Waals surface area contributed by atoms with Crippen molar-refractivity contribution in [2.45, 2.75) is 37.8 Å². The minimum atomic E-state index is -0.143. The minimum Gasteiger partial charge on any atom is -0.393 e. The predicted octanol–water partition coefficient (Wildman–Crippen LogP) is 3.06. The Kier molecular flexibility index (Phi) is 3.37. The predicted molar refractivity (Wildman–Crippen MR) is 74.3 cm³/mol. The Balaban J connectivity index is 1.85. The summed E-state index contributed by atoms with van der Waals surface area (Å²) in [6, 6.07) is 4.10. The van der Waals surface area contributed by atoms with E-state index in [4.69, 9.17) is 11.6 Å². The molecule has 0 aliphatic heterocycles. The molecule has 18 heavy (non-hydrogen) atoms. The van der Waals surface area contributed by atoms with Crippen LogP contribution >= 0.6 is 23.3 Å². The Morgan fingerprint density at radius 1 is 1.22 bits per heavy atom. The van der Waals surface area contributed by atoms with Gasteiger partial charge < -0.3 is 10.4 Å². The summed E-state index contributed by atoms with van der Waals surface area (Å²) in [6.07, 6.45) is 3.48. The average Bonchev–Trinajstić information content (AvgIpc) is 2.84. The van der Waals surface area contributed by atoms with Crippen molar-refractivity contribution in [2.75, 3.05) is 5.32 Å². The average molecular weight is 284 g/mol. The van der Waals surface area contributed by atoms with Crippen molar-refractivity contribution in [2.24, 2.45) is 0 Å². The number of benzene rings is 1. The molecular weight excluding hydrogens is 270 g/mol. The highest BCUT2D eigenvalue weighted by atomic mass is 35.5. The third kappa shape index (κ3) is 2.30. The summed E-state index contributed by atoms with van der Waals surface area (Å²) in [5, 5.41) is 13.7. The molecule has 0 spiro atoms. The van der Waals surface area contributed by atoms with Crippen LogP contribution in [0.2, 0.25) is 5.02 Å². The lowest BCUT2D eigenvalue weighted by molar-refractivity contribution is 0.126. The van der Waals surface area contributed by atoms with Gasteiger partial charge in [0.15, 0.2) is 0 Å². The van der Waals surface area contributed by atoms with Crippen molar-refractivity contribution in [3.8, 4) is 0 Å². The second kappa shape index (κ2) is 4.99. The third-order valence-corrected chi connectivity index (χ3v) is 4.28. The highest BCUT2D eigenvalue weighted by Gasteiger charge is 2.21. The number of aliphatic hydroxyl groups excluding tert-OH is 1. The van der Waals surface area contributed by atoms with Crippen LogP contribution < -0.4 is 5.32 Å². The summed E-state index contributed by atoms with van der Waals surface area (Å²) >= 11 is 7.43. The fraction of sp³-hybridized carbons (Fsp3) is 0.500. The molecule has 2 aromatic rings. The molecule has 1 saturated carbocycles. The van der Waals surface area contributed by atoms with Crippen molar-refractivity contribution in [3.05, 3.63) is 17.2 Å². The van der Waals surface area contributed by atoms with Crippen LogP contribution in [0, 0.1) is 0 Å². The first-order chi connectivity index (χ1) is 8.74. The second-order valence-electron chi connectivity index (χ2n) is 4.70. The summed E-state index contributed by atoms with van der Waals surface area (Å²) in [5.41, 5.74) is 2.60. The maximum absolute atomic E-state index is 9.51. The molecule has 0 bridgehead atoms. The van der Waals surface area contributed by atoms with Gasteiger partial charge in [-0.1, -0.05) is 11.6 Å². The number of halogens is 1. The van der Waals surface area contributed by atoms with Gasteiger partial charge in [-0.05, 0) is 37.8 Å². The molecule has 1 heterocycles. The summed E-state index contributed by atoms with van der Waals surface area (Å²) < 4.78 is 8.51. The molecule has 1 aromatic carbocycles. The van der Waals surface area contributed by atoms with E-state index < -0.39 is 0 Å². The fourth-order valence-corrected chi connectivity index (χ4v) is 3.14. The van der Waals surface area contributed by atoms with Crippen LogP contribution in [0.25, 0.3) is 11.0 Å². The topological polar surface area (TPSA) is 58.0 Å². The standard InChI is InChI=1S/C12H14ClN3OS/c13-9-5-6-10-12(16-18-15-10)11(9)14-7-1-3-8(17)4-2-7/h5-8,14,17H,1-4H2. The first kappa shape index (κ1) is 12.1. The highest BCUT2D eigenvalue weighted by molar-refractivity contribution is 7.00. The molecule has 0 unspecified atom stereocenters. The number of fused-ring (bicyclic) bond motifs is 1. The second-order valence-corrected chi connectivity index (χ2v) is 5.64. The van der Waals surface area contributed by atoms with E-state index in [1.54, 1.807) is 0 Å². The largest absolute Gasteiger partial charge is 0.393 e. The van der Waals surface area contributed by atoms with Gasteiger partial charge in [-0.3, -0.25) is 0 Å². The van der Waals surface area contributed by atoms with E-state index in [1.165, 1.54) is 11.7 Å². The van der Waals surface area contributed by atoms with Crippen LogP contribution in [-0.2, 0) is 0 Å².